The number of oxazole rings is 1. The Labute approximate surface area is 139 Å². The SMILES string of the molecule is O=C(Cc1nc2ccccc2o1)NCc1n[nH]c2c1CCCCC2. The lowest BCUT2D eigenvalue weighted by Gasteiger charge is -2.04. The molecule has 24 heavy (non-hydrogen) atoms. The summed E-state index contributed by atoms with van der Waals surface area (Å²) < 4.78 is 5.59. The molecule has 124 valence electrons. The van der Waals surface area contributed by atoms with Crippen molar-refractivity contribution in [2.75, 3.05) is 0 Å². The number of aryl methyl sites for hydroxylation is 1. The molecule has 0 atom stereocenters. The van der Waals surface area contributed by atoms with Crippen molar-refractivity contribution in [3.63, 3.8) is 0 Å². The molecule has 1 amide bonds. The Morgan fingerprint density at radius 3 is 3.00 bits per heavy atom. The highest BCUT2D eigenvalue weighted by atomic mass is 16.3. The number of rotatable bonds is 4. The van der Waals surface area contributed by atoms with E-state index in [1.165, 1.54) is 30.5 Å². The number of fused-ring (bicyclic) bond motifs is 2. The molecule has 0 fully saturated rings. The number of benzene rings is 1. The zero-order chi connectivity index (χ0) is 16.4. The Kier molecular flexibility index (Phi) is 4.02. The maximum absolute atomic E-state index is 12.2. The molecule has 1 aliphatic carbocycles. The number of nitrogens with one attached hydrogen (secondary N) is 2. The van der Waals surface area contributed by atoms with E-state index in [0.29, 0.717) is 18.0 Å². The molecule has 6 heteroatoms. The van der Waals surface area contributed by atoms with Gasteiger partial charge in [0, 0.05) is 5.69 Å². The fraction of sp³-hybridized carbons (Fsp3) is 0.389. The van der Waals surface area contributed by atoms with Crippen LogP contribution in [0.4, 0.5) is 0 Å². The van der Waals surface area contributed by atoms with Crippen LogP contribution in [0.3, 0.4) is 0 Å². The molecule has 0 aliphatic heterocycles. The van der Waals surface area contributed by atoms with E-state index in [0.717, 1.165) is 24.1 Å². The van der Waals surface area contributed by atoms with Gasteiger partial charge in [-0.1, -0.05) is 18.6 Å². The lowest BCUT2D eigenvalue weighted by Crippen LogP contribution is -2.25. The Balaban J connectivity index is 1.39. The van der Waals surface area contributed by atoms with Gasteiger partial charge in [0.2, 0.25) is 11.8 Å². The van der Waals surface area contributed by atoms with Crippen molar-refractivity contribution in [2.24, 2.45) is 0 Å². The lowest BCUT2D eigenvalue weighted by atomic mass is 10.1. The molecule has 2 N–H and O–H groups in total. The molecule has 0 unspecified atom stereocenters. The molecular formula is C18H20N4O2. The first-order valence-electron chi connectivity index (χ1n) is 8.46. The zero-order valence-corrected chi connectivity index (χ0v) is 13.5. The van der Waals surface area contributed by atoms with Crippen LogP contribution in [-0.4, -0.2) is 21.1 Å². The predicted octanol–water partition coefficient (Wildman–Crippen LogP) is 2.68. The fourth-order valence-electron chi connectivity index (χ4n) is 3.25. The van der Waals surface area contributed by atoms with Crippen molar-refractivity contribution < 1.29 is 9.21 Å². The summed E-state index contributed by atoms with van der Waals surface area (Å²) in [5, 5.41) is 10.4. The highest BCUT2D eigenvalue weighted by Gasteiger charge is 2.17. The summed E-state index contributed by atoms with van der Waals surface area (Å²) in [5.74, 6) is 0.335. The molecule has 2 heterocycles. The van der Waals surface area contributed by atoms with Gasteiger partial charge >= 0.3 is 0 Å². The van der Waals surface area contributed by atoms with Crippen molar-refractivity contribution in [1.82, 2.24) is 20.5 Å². The minimum atomic E-state index is -0.105. The van der Waals surface area contributed by atoms with Crippen LogP contribution in [0.2, 0.25) is 0 Å². The second-order valence-corrected chi connectivity index (χ2v) is 6.22. The molecule has 4 rings (SSSR count). The smallest absolute Gasteiger partial charge is 0.229 e. The van der Waals surface area contributed by atoms with Crippen LogP contribution >= 0.6 is 0 Å². The van der Waals surface area contributed by atoms with Gasteiger partial charge in [-0.2, -0.15) is 5.10 Å². The Hall–Kier alpha value is -2.63. The fourth-order valence-corrected chi connectivity index (χ4v) is 3.25. The van der Waals surface area contributed by atoms with Gasteiger partial charge in [-0.25, -0.2) is 4.98 Å². The van der Waals surface area contributed by atoms with Crippen molar-refractivity contribution in [1.29, 1.82) is 0 Å². The third-order valence-corrected chi connectivity index (χ3v) is 4.49. The van der Waals surface area contributed by atoms with Gasteiger partial charge in [0.25, 0.3) is 0 Å². The molecule has 1 aromatic carbocycles. The third-order valence-electron chi connectivity index (χ3n) is 4.49. The maximum atomic E-state index is 12.2. The minimum Gasteiger partial charge on any atom is -0.440 e. The van der Waals surface area contributed by atoms with Gasteiger partial charge in [-0.3, -0.25) is 9.89 Å². The Morgan fingerprint density at radius 2 is 2.08 bits per heavy atom. The normalized spacial score (nSPS) is 14.3. The molecule has 2 aromatic heterocycles. The quantitative estimate of drug-likeness (QED) is 0.723. The molecular weight excluding hydrogens is 304 g/mol. The van der Waals surface area contributed by atoms with E-state index in [1.54, 1.807) is 0 Å². The van der Waals surface area contributed by atoms with Crippen LogP contribution in [0.25, 0.3) is 11.1 Å². The van der Waals surface area contributed by atoms with Gasteiger partial charge in [0.05, 0.1) is 12.2 Å². The molecule has 1 aliphatic rings. The standard InChI is InChI=1S/C18H20N4O2/c23-17(10-18-20-14-8-4-5-9-16(14)24-18)19-11-15-12-6-2-1-3-7-13(12)21-22-15/h4-5,8-9H,1-3,6-7,10-11H2,(H,19,23)(H,21,22). The van der Waals surface area contributed by atoms with Crippen LogP contribution in [0.5, 0.6) is 0 Å². The predicted molar refractivity (Wildman–Crippen MR) is 89.4 cm³/mol. The third kappa shape index (κ3) is 3.04. The number of aromatic nitrogens is 3. The second kappa shape index (κ2) is 6.47. The van der Waals surface area contributed by atoms with Crippen molar-refractivity contribution in [3.05, 3.63) is 47.1 Å². The number of aromatic amines is 1. The summed E-state index contributed by atoms with van der Waals surface area (Å²) in [5.41, 5.74) is 4.96. The average Bonchev–Trinajstić information content (AvgIpc) is 3.08. The number of hydrogen-bond donors (Lipinski definition) is 2. The van der Waals surface area contributed by atoms with E-state index in [9.17, 15) is 4.79 Å². The number of para-hydroxylation sites is 2. The number of carbonyl (C=O) groups is 1. The highest BCUT2D eigenvalue weighted by molar-refractivity contribution is 5.79. The molecule has 6 nitrogen and oxygen atoms in total. The highest BCUT2D eigenvalue weighted by Crippen LogP contribution is 2.21. The number of hydrogen-bond acceptors (Lipinski definition) is 4. The van der Waals surface area contributed by atoms with Crippen LogP contribution in [-0.2, 0) is 30.6 Å². The number of amides is 1. The molecule has 0 saturated carbocycles. The Bertz CT molecular complexity index is 832. The van der Waals surface area contributed by atoms with Gasteiger partial charge in [0.15, 0.2) is 5.58 Å². The molecule has 0 spiro atoms. The van der Waals surface area contributed by atoms with E-state index in [1.807, 2.05) is 24.3 Å². The molecule has 0 bridgehead atoms. The van der Waals surface area contributed by atoms with Crippen LogP contribution in [0, 0.1) is 0 Å². The zero-order valence-electron chi connectivity index (χ0n) is 13.5. The molecule has 3 aromatic rings. The van der Waals surface area contributed by atoms with E-state index in [2.05, 4.69) is 20.5 Å². The van der Waals surface area contributed by atoms with E-state index in [4.69, 9.17) is 4.42 Å². The largest absolute Gasteiger partial charge is 0.440 e. The van der Waals surface area contributed by atoms with Crippen LogP contribution < -0.4 is 5.32 Å². The summed E-state index contributed by atoms with van der Waals surface area (Å²) in [6.07, 6.45) is 5.89. The first-order valence-corrected chi connectivity index (χ1v) is 8.46. The van der Waals surface area contributed by atoms with E-state index < -0.39 is 0 Å². The maximum Gasteiger partial charge on any atom is 0.229 e. The lowest BCUT2D eigenvalue weighted by molar-refractivity contribution is -0.120. The minimum absolute atomic E-state index is 0.105. The summed E-state index contributed by atoms with van der Waals surface area (Å²) in [7, 11) is 0. The first-order chi connectivity index (χ1) is 11.8. The summed E-state index contributed by atoms with van der Waals surface area (Å²) in [6.45, 7) is 0.449. The monoisotopic (exact) mass is 324 g/mol. The van der Waals surface area contributed by atoms with Crippen LogP contribution in [0.1, 0.15) is 42.1 Å². The molecule has 0 saturated heterocycles. The van der Waals surface area contributed by atoms with Crippen molar-refractivity contribution >= 4 is 17.0 Å². The van der Waals surface area contributed by atoms with Gasteiger partial charge in [-0.05, 0) is 43.4 Å². The second-order valence-electron chi connectivity index (χ2n) is 6.22. The number of carbonyl (C=O) groups excluding carboxylic acids is 1. The number of H-pyrrole nitrogens is 1. The molecule has 0 radical (unpaired) electrons. The number of nitrogens with zero attached hydrogens (tertiary/aromatic N) is 2. The first kappa shape index (κ1) is 14.9. The van der Waals surface area contributed by atoms with Crippen molar-refractivity contribution in [2.45, 2.75) is 45.1 Å². The Morgan fingerprint density at radius 1 is 1.21 bits per heavy atom. The van der Waals surface area contributed by atoms with E-state index >= 15 is 0 Å². The van der Waals surface area contributed by atoms with Crippen LogP contribution in [0.15, 0.2) is 28.7 Å². The summed E-state index contributed by atoms with van der Waals surface area (Å²) in [6, 6.07) is 7.51. The summed E-state index contributed by atoms with van der Waals surface area (Å²) in [4.78, 5) is 16.5. The van der Waals surface area contributed by atoms with Gasteiger partial charge < -0.3 is 9.73 Å². The van der Waals surface area contributed by atoms with Gasteiger partial charge in [-0.15, -0.1) is 0 Å². The topological polar surface area (TPSA) is 83.8 Å². The average molecular weight is 324 g/mol. The van der Waals surface area contributed by atoms with Crippen molar-refractivity contribution in [3.8, 4) is 0 Å². The van der Waals surface area contributed by atoms with Gasteiger partial charge in [0.1, 0.15) is 11.9 Å². The van der Waals surface area contributed by atoms with E-state index in [-0.39, 0.29) is 12.3 Å². The summed E-state index contributed by atoms with van der Waals surface area (Å²) >= 11 is 0.